The maximum Gasteiger partial charge on any atom is 0.263 e. The zero-order chi connectivity index (χ0) is 15.2. The Morgan fingerprint density at radius 3 is 2.76 bits per heavy atom. The lowest BCUT2D eigenvalue weighted by Crippen LogP contribution is -2.46. The Morgan fingerprint density at radius 1 is 1.43 bits per heavy atom. The molecule has 0 spiro atoms. The van der Waals surface area contributed by atoms with Gasteiger partial charge in [-0.05, 0) is 13.0 Å². The predicted molar refractivity (Wildman–Crippen MR) is 76.4 cm³/mol. The van der Waals surface area contributed by atoms with Crippen molar-refractivity contribution >= 4 is 5.91 Å². The minimum absolute atomic E-state index is 0.0897. The largest absolute Gasteiger partial charge is 0.493 e. The smallest absolute Gasteiger partial charge is 0.263 e. The van der Waals surface area contributed by atoms with Crippen molar-refractivity contribution in [1.29, 1.82) is 0 Å². The average Bonchev–Trinajstić information content (AvgIpc) is 2.55. The molecule has 2 rings (SSSR count). The van der Waals surface area contributed by atoms with Crippen LogP contribution in [0, 0.1) is 0 Å². The fourth-order valence-corrected chi connectivity index (χ4v) is 2.25. The van der Waals surface area contributed by atoms with Crippen molar-refractivity contribution in [3.8, 4) is 11.5 Å². The number of ether oxygens (including phenoxy) is 3. The summed E-state index contributed by atoms with van der Waals surface area (Å²) in [6, 6.07) is 5.25. The Kier molecular flexibility index (Phi) is 5.41. The summed E-state index contributed by atoms with van der Waals surface area (Å²) in [5.41, 5.74) is 0.593. The van der Waals surface area contributed by atoms with E-state index < -0.39 is 6.10 Å². The number of carbonyl (C=O) groups is 1. The van der Waals surface area contributed by atoms with Gasteiger partial charge in [0.2, 0.25) is 0 Å². The van der Waals surface area contributed by atoms with Crippen LogP contribution >= 0.6 is 0 Å². The number of aliphatic hydroxyl groups is 1. The van der Waals surface area contributed by atoms with Crippen LogP contribution in [0.2, 0.25) is 0 Å². The van der Waals surface area contributed by atoms with Gasteiger partial charge in [0.05, 0.1) is 26.9 Å². The second-order valence-corrected chi connectivity index (χ2v) is 4.80. The second kappa shape index (κ2) is 7.28. The fraction of sp³-hybridized carbons (Fsp3) is 0.533. The first-order chi connectivity index (χ1) is 10.2. The Bertz CT molecular complexity index is 463. The van der Waals surface area contributed by atoms with Gasteiger partial charge in [-0.3, -0.25) is 4.79 Å². The number of nitrogens with zero attached hydrogens (tertiary/aromatic N) is 1. The molecule has 1 unspecified atom stereocenters. The lowest BCUT2D eigenvalue weighted by Gasteiger charge is -2.29. The van der Waals surface area contributed by atoms with Crippen LogP contribution in [0.25, 0.3) is 0 Å². The summed E-state index contributed by atoms with van der Waals surface area (Å²) < 4.78 is 16.2. The topological polar surface area (TPSA) is 68.2 Å². The van der Waals surface area contributed by atoms with Crippen molar-refractivity contribution in [3.63, 3.8) is 0 Å². The lowest BCUT2D eigenvalue weighted by atomic mass is 10.2. The van der Waals surface area contributed by atoms with E-state index in [1.807, 2.05) is 0 Å². The van der Waals surface area contributed by atoms with Crippen LogP contribution in [0.15, 0.2) is 18.2 Å². The molecular formula is C15H21NO5. The van der Waals surface area contributed by atoms with E-state index in [0.717, 1.165) is 0 Å². The molecule has 1 aliphatic rings. The van der Waals surface area contributed by atoms with Crippen LogP contribution in [-0.2, 0) is 16.1 Å². The Hall–Kier alpha value is -1.79. The van der Waals surface area contributed by atoms with Crippen molar-refractivity contribution in [2.75, 3.05) is 33.4 Å². The first-order valence-corrected chi connectivity index (χ1v) is 6.97. The fourth-order valence-electron chi connectivity index (χ4n) is 2.25. The molecule has 1 aliphatic heterocycles. The van der Waals surface area contributed by atoms with Crippen molar-refractivity contribution < 1.29 is 24.1 Å². The zero-order valence-corrected chi connectivity index (χ0v) is 12.4. The first-order valence-electron chi connectivity index (χ1n) is 6.97. The van der Waals surface area contributed by atoms with Gasteiger partial charge in [0, 0.05) is 18.7 Å². The summed E-state index contributed by atoms with van der Waals surface area (Å²) in [5, 5.41) is 9.39. The standard InChI is InChI=1S/C15H21NO5/c1-11(15(18)16-6-8-20-9-7-16)21-14-12(10-17)4-3-5-13(14)19-2/h3-5,11,17H,6-10H2,1-2H3. The molecule has 6 nitrogen and oxygen atoms in total. The summed E-state index contributed by atoms with van der Waals surface area (Å²) >= 11 is 0. The Morgan fingerprint density at radius 2 is 2.14 bits per heavy atom. The molecule has 1 saturated heterocycles. The molecule has 0 aromatic heterocycles. The highest BCUT2D eigenvalue weighted by Gasteiger charge is 2.25. The summed E-state index contributed by atoms with van der Waals surface area (Å²) in [6.45, 7) is 3.77. The molecule has 0 radical (unpaired) electrons. The highest BCUT2D eigenvalue weighted by atomic mass is 16.5. The van der Waals surface area contributed by atoms with Crippen molar-refractivity contribution in [3.05, 3.63) is 23.8 Å². The molecule has 1 aromatic carbocycles. The van der Waals surface area contributed by atoms with Gasteiger partial charge in [0.15, 0.2) is 17.6 Å². The number of amides is 1. The highest BCUT2D eigenvalue weighted by Crippen LogP contribution is 2.32. The van der Waals surface area contributed by atoms with Crippen LogP contribution in [0.1, 0.15) is 12.5 Å². The molecular weight excluding hydrogens is 274 g/mol. The molecule has 1 amide bonds. The first kappa shape index (κ1) is 15.6. The molecule has 1 fully saturated rings. The number of rotatable bonds is 5. The molecule has 1 atom stereocenters. The number of methoxy groups -OCH3 is 1. The molecule has 1 N–H and O–H groups in total. The van der Waals surface area contributed by atoms with E-state index in [-0.39, 0.29) is 12.5 Å². The zero-order valence-electron chi connectivity index (χ0n) is 12.4. The van der Waals surface area contributed by atoms with Gasteiger partial charge in [0.25, 0.3) is 5.91 Å². The molecule has 21 heavy (non-hydrogen) atoms. The van der Waals surface area contributed by atoms with E-state index in [9.17, 15) is 9.90 Å². The van der Waals surface area contributed by atoms with Crippen LogP contribution in [0.5, 0.6) is 11.5 Å². The summed E-state index contributed by atoms with van der Waals surface area (Å²) in [5.74, 6) is 0.827. The molecule has 1 aromatic rings. The molecule has 0 bridgehead atoms. The third-order valence-electron chi connectivity index (χ3n) is 3.42. The normalized spacial score (nSPS) is 16.4. The van der Waals surface area contributed by atoms with Gasteiger partial charge >= 0.3 is 0 Å². The summed E-state index contributed by atoms with van der Waals surface area (Å²) in [7, 11) is 1.53. The van der Waals surface area contributed by atoms with E-state index in [4.69, 9.17) is 14.2 Å². The third kappa shape index (κ3) is 3.65. The van der Waals surface area contributed by atoms with Gasteiger partial charge in [-0.15, -0.1) is 0 Å². The maximum atomic E-state index is 12.3. The van der Waals surface area contributed by atoms with E-state index in [0.29, 0.717) is 43.4 Å². The SMILES string of the molecule is COc1cccc(CO)c1OC(C)C(=O)N1CCOCC1. The number of para-hydroxylation sites is 1. The maximum absolute atomic E-state index is 12.3. The molecule has 116 valence electrons. The predicted octanol–water partition coefficient (Wildman–Crippen LogP) is 0.814. The van der Waals surface area contributed by atoms with Crippen molar-refractivity contribution in [2.24, 2.45) is 0 Å². The number of carbonyl (C=O) groups excluding carboxylic acids is 1. The molecule has 6 heteroatoms. The van der Waals surface area contributed by atoms with Crippen molar-refractivity contribution in [2.45, 2.75) is 19.6 Å². The monoisotopic (exact) mass is 295 g/mol. The minimum atomic E-state index is -0.648. The van der Waals surface area contributed by atoms with Crippen LogP contribution in [-0.4, -0.2) is 55.4 Å². The third-order valence-corrected chi connectivity index (χ3v) is 3.42. The van der Waals surface area contributed by atoms with E-state index in [1.165, 1.54) is 7.11 Å². The van der Waals surface area contributed by atoms with Gasteiger partial charge in [-0.2, -0.15) is 0 Å². The van der Waals surface area contributed by atoms with Gasteiger partial charge < -0.3 is 24.2 Å². The Balaban J connectivity index is 2.11. The number of morpholine rings is 1. The quantitative estimate of drug-likeness (QED) is 0.871. The number of aliphatic hydroxyl groups excluding tert-OH is 1. The van der Waals surface area contributed by atoms with E-state index >= 15 is 0 Å². The van der Waals surface area contributed by atoms with Crippen LogP contribution < -0.4 is 9.47 Å². The highest BCUT2D eigenvalue weighted by molar-refractivity contribution is 5.81. The molecule has 1 heterocycles. The summed E-state index contributed by atoms with van der Waals surface area (Å²) in [4.78, 5) is 14.1. The van der Waals surface area contributed by atoms with E-state index in [1.54, 1.807) is 30.0 Å². The Labute approximate surface area is 124 Å². The van der Waals surface area contributed by atoms with Gasteiger partial charge in [0.1, 0.15) is 0 Å². The number of benzene rings is 1. The van der Waals surface area contributed by atoms with E-state index in [2.05, 4.69) is 0 Å². The second-order valence-electron chi connectivity index (χ2n) is 4.80. The molecule has 0 aliphatic carbocycles. The van der Waals surface area contributed by atoms with Gasteiger partial charge in [-0.1, -0.05) is 12.1 Å². The minimum Gasteiger partial charge on any atom is -0.493 e. The number of hydrogen-bond donors (Lipinski definition) is 1. The average molecular weight is 295 g/mol. The number of hydrogen-bond acceptors (Lipinski definition) is 5. The molecule has 0 saturated carbocycles. The van der Waals surface area contributed by atoms with Crippen LogP contribution in [0.3, 0.4) is 0 Å². The van der Waals surface area contributed by atoms with Gasteiger partial charge in [-0.25, -0.2) is 0 Å². The van der Waals surface area contributed by atoms with Crippen molar-refractivity contribution in [1.82, 2.24) is 4.90 Å². The van der Waals surface area contributed by atoms with Crippen LogP contribution in [0.4, 0.5) is 0 Å². The summed E-state index contributed by atoms with van der Waals surface area (Å²) in [6.07, 6.45) is -0.648. The lowest BCUT2D eigenvalue weighted by molar-refractivity contribution is -0.142.